The molecule has 4 nitrogen and oxygen atoms in total. The normalized spacial score (nSPS) is 22.6. The molecule has 0 radical (unpaired) electrons. The summed E-state index contributed by atoms with van der Waals surface area (Å²) in [4.78, 5) is 12.1. The molecule has 0 amide bonds. The van der Waals surface area contributed by atoms with Crippen LogP contribution in [0.1, 0.15) is 39.5 Å². The van der Waals surface area contributed by atoms with Crippen molar-refractivity contribution < 1.29 is 0 Å². The number of aromatic nitrogens is 2. The first-order valence-electron chi connectivity index (χ1n) is 6.64. The van der Waals surface area contributed by atoms with E-state index in [1.807, 2.05) is 0 Å². The first kappa shape index (κ1) is 13.6. The number of unbranched alkanes of at least 4 members (excludes halogenated alkanes) is 1. The van der Waals surface area contributed by atoms with Crippen LogP contribution in [0, 0.1) is 5.92 Å². The van der Waals surface area contributed by atoms with Crippen LogP contribution >= 0.6 is 15.9 Å². The number of rotatable bonds is 5. The third-order valence-corrected chi connectivity index (χ3v) is 4.21. The molecule has 1 heterocycles. The Hall–Kier alpha value is -0.840. The number of aryl methyl sites for hydroxylation is 1. The number of nitrogens with one attached hydrogen (secondary N) is 1. The van der Waals surface area contributed by atoms with E-state index >= 15 is 0 Å². The Balaban J connectivity index is 2.08. The van der Waals surface area contributed by atoms with E-state index < -0.39 is 0 Å². The minimum atomic E-state index is -0.0409. The highest BCUT2D eigenvalue weighted by molar-refractivity contribution is 9.10. The van der Waals surface area contributed by atoms with Crippen LogP contribution in [-0.4, -0.2) is 15.8 Å². The van der Waals surface area contributed by atoms with Crippen LogP contribution in [0.4, 0.5) is 5.69 Å². The molecule has 1 aromatic rings. The summed E-state index contributed by atoms with van der Waals surface area (Å²) >= 11 is 3.38. The van der Waals surface area contributed by atoms with E-state index in [-0.39, 0.29) is 5.56 Å². The Morgan fingerprint density at radius 1 is 1.56 bits per heavy atom. The maximum atomic E-state index is 12.1. The summed E-state index contributed by atoms with van der Waals surface area (Å²) in [5, 5.41) is 7.60. The second kappa shape index (κ2) is 5.87. The van der Waals surface area contributed by atoms with Gasteiger partial charge in [-0.3, -0.25) is 4.79 Å². The predicted octanol–water partition coefficient (Wildman–Crippen LogP) is 3.02. The Morgan fingerprint density at radius 2 is 2.28 bits per heavy atom. The highest BCUT2D eigenvalue weighted by Crippen LogP contribution is 2.30. The van der Waals surface area contributed by atoms with Gasteiger partial charge in [-0.25, -0.2) is 4.68 Å². The van der Waals surface area contributed by atoms with Crippen molar-refractivity contribution in [3.63, 3.8) is 0 Å². The van der Waals surface area contributed by atoms with Crippen LogP contribution in [0.2, 0.25) is 0 Å². The molecule has 1 aliphatic rings. The summed E-state index contributed by atoms with van der Waals surface area (Å²) in [7, 11) is 0. The van der Waals surface area contributed by atoms with E-state index in [0.717, 1.165) is 24.4 Å². The van der Waals surface area contributed by atoms with Gasteiger partial charge in [-0.15, -0.1) is 0 Å². The van der Waals surface area contributed by atoms with Gasteiger partial charge in [0.2, 0.25) is 0 Å². The Morgan fingerprint density at radius 3 is 2.89 bits per heavy atom. The molecule has 0 bridgehead atoms. The van der Waals surface area contributed by atoms with E-state index in [4.69, 9.17) is 0 Å². The van der Waals surface area contributed by atoms with Crippen molar-refractivity contribution in [1.82, 2.24) is 9.78 Å². The van der Waals surface area contributed by atoms with Crippen LogP contribution in [0.15, 0.2) is 15.5 Å². The second-order valence-electron chi connectivity index (χ2n) is 5.17. The molecule has 0 saturated heterocycles. The second-order valence-corrected chi connectivity index (χ2v) is 5.96. The highest BCUT2D eigenvalue weighted by Gasteiger charge is 2.26. The minimum absolute atomic E-state index is 0.0409. The number of hydrogen-bond acceptors (Lipinski definition) is 3. The summed E-state index contributed by atoms with van der Waals surface area (Å²) in [6.07, 6.45) is 6.14. The smallest absolute Gasteiger partial charge is 0.283 e. The molecule has 0 atom stereocenters. The van der Waals surface area contributed by atoms with Gasteiger partial charge in [0.15, 0.2) is 0 Å². The highest BCUT2D eigenvalue weighted by atomic mass is 79.9. The number of nitrogens with zero attached hydrogens (tertiary/aromatic N) is 2. The Labute approximate surface area is 116 Å². The van der Waals surface area contributed by atoms with E-state index in [2.05, 4.69) is 40.2 Å². The third kappa shape index (κ3) is 2.94. The van der Waals surface area contributed by atoms with Crippen molar-refractivity contribution in [3.05, 3.63) is 21.0 Å². The maximum Gasteiger partial charge on any atom is 0.283 e. The molecule has 100 valence electrons. The average Bonchev–Trinajstić information content (AvgIpc) is 2.32. The summed E-state index contributed by atoms with van der Waals surface area (Å²) in [6.45, 7) is 5.04. The topological polar surface area (TPSA) is 46.9 Å². The molecule has 1 aliphatic carbocycles. The minimum Gasteiger partial charge on any atom is -0.380 e. The van der Waals surface area contributed by atoms with Gasteiger partial charge in [-0.1, -0.05) is 20.3 Å². The molecule has 5 heteroatoms. The van der Waals surface area contributed by atoms with Gasteiger partial charge in [0, 0.05) is 12.6 Å². The van der Waals surface area contributed by atoms with Crippen molar-refractivity contribution in [3.8, 4) is 0 Å². The molecule has 1 N–H and O–H groups in total. The van der Waals surface area contributed by atoms with Gasteiger partial charge in [0.25, 0.3) is 5.56 Å². The molecule has 0 aromatic carbocycles. The Kier molecular flexibility index (Phi) is 4.43. The lowest BCUT2D eigenvalue weighted by molar-refractivity contribution is 0.309. The zero-order chi connectivity index (χ0) is 13.1. The monoisotopic (exact) mass is 313 g/mol. The van der Waals surface area contributed by atoms with E-state index in [9.17, 15) is 4.79 Å². The lowest BCUT2D eigenvalue weighted by Gasteiger charge is -2.34. The van der Waals surface area contributed by atoms with Crippen LogP contribution in [-0.2, 0) is 6.54 Å². The van der Waals surface area contributed by atoms with E-state index in [1.54, 1.807) is 6.20 Å². The van der Waals surface area contributed by atoms with Crippen molar-refractivity contribution in [2.24, 2.45) is 5.92 Å². The molecule has 1 aromatic heterocycles. The summed E-state index contributed by atoms with van der Waals surface area (Å²) in [5.74, 6) is 0.791. The fourth-order valence-corrected chi connectivity index (χ4v) is 2.69. The van der Waals surface area contributed by atoms with Gasteiger partial charge < -0.3 is 5.32 Å². The standard InChI is InChI=1S/C13H20BrN3O/c1-3-4-5-17-13(18)12(14)11(8-15-17)16-10-6-9(2)7-10/h8-10,16H,3-7H2,1-2H3. The number of hydrogen-bond donors (Lipinski definition) is 1. The molecule has 1 fully saturated rings. The van der Waals surface area contributed by atoms with Crippen molar-refractivity contribution in [1.29, 1.82) is 0 Å². The predicted molar refractivity (Wildman–Crippen MR) is 76.9 cm³/mol. The molecule has 0 spiro atoms. The lowest BCUT2D eigenvalue weighted by atomic mass is 9.82. The zero-order valence-corrected chi connectivity index (χ0v) is 12.5. The van der Waals surface area contributed by atoms with Gasteiger partial charge in [0.05, 0.1) is 11.9 Å². The zero-order valence-electron chi connectivity index (χ0n) is 10.9. The van der Waals surface area contributed by atoms with Gasteiger partial charge in [0.1, 0.15) is 4.47 Å². The van der Waals surface area contributed by atoms with Crippen LogP contribution in [0.3, 0.4) is 0 Å². The molecule has 0 aliphatic heterocycles. The quantitative estimate of drug-likeness (QED) is 0.909. The van der Waals surface area contributed by atoms with Gasteiger partial charge >= 0.3 is 0 Å². The van der Waals surface area contributed by atoms with E-state index in [1.165, 1.54) is 17.5 Å². The van der Waals surface area contributed by atoms with Crippen molar-refractivity contribution >= 4 is 21.6 Å². The number of anilines is 1. The molecule has 18 heavy (non-hydrogen) atoms. The maximum absolute atomic E-state index is 12.1. The SMILES string of the molecule is CCCCn1ncc(NC2CC(C)C2)c(Br)c1=O. The van der Waals surface area contributed by atoms with Crippen LogP contribution in [0.5, 0.6) is 0 Å². The fraction of sp³-hybridized carbons (Fsp3) is 0.692. The summed E-state index contributed by atoms with van der Waals surface area (Å²) < 4.78 is 2.13. The summed E-state index contributed by atoms with van der Waals surface area (Å²) in [5.41, 5.74) is 0.783. The first-order chi connectivity index (χ1) is 8.61. The molecule has 0 unspecified atom stereocenters. The first-order valence-corrected chi connectivity index (χ1v) is 7.43. The van der Waals surface area contributed by atoms with E-state index in [0.29, 0.717) is 17.1 Å². The third-order valence-electron chi connectivity index (χ3n) is 3.44. The van der Waals surface area contributed by atoms with Gasteiger partial charge in [-0.2, -0.15) is 5.10 Å². The van der Waals surface area contributed by atoms with Crippen molar-refractivity contribution in [2.75, 3.05) is 5.32 Å². The average molecular weight is 314 g/mol. The van der Waals surface area contributed by atoms with Gasteiger partial charge in [-0.05, 0) is 41.1 Å². The largest absolute Gasteiger partial charge is 0.380 e. The molecular weight excluding hydrogens is 294 g/mol. The number of halogens is 1. The Bertz CT molecular complexity index is 466. The van der Waals surface area contributed by atoms with Crippen molar-refractivity contribution in [2.45, 2.75) is 52.1 Å². The molecule has 1 saturated carbocycles. The fourth-order valence-electron chi connectivity index (χ4n) is 2.27. The van der Waals surface area contributed by atoms with Crippen LogP contribution in [0.25, 0.3) is 0 Å². The lowest BCUT2D eigenvalue weighted by Crippen LogP contribution is -2.35. The summed E-state index contributed by atoms with van der Waals surface area (Å²) in [6, 6.07) is 0.490. The molecule has 2 rings (SSSR count). The van der Waals surface area contributed by atoms with Crippen LogP contribution < -0.4 is 10.9 Å². The molecular formula is C13H20BrN3O.